The molecule has 0 heterocycles. The normalized spacial score (nSPS) is 28.3. The van der Waals surface area contributed by atoms with Gasteiger partial charge >= 0.3 is 0 Å². The molecule has 0 amide bonds. The van der Waals surface area contributed by atoms with Gasteiger partial charge in [0.2, 0.25) is 0 Å². The van der Waals surface area contributed by atoms with E-state index < -0.39 is 0 Å². The molecule has 0 saturated heterocycles. The zero-order chi connectivity index (χ0) is 9.52. The maximum Gasteiger partial charge on any atom is 0.0655 e. The fourth-order valence-corrected chi connectivity index (χ4v) is 2.26. The van der Waals surface area contributed by atoms with E-state index in [4.69, 9.17) is 5.26 Å². The van der Waals surface area contributed by atoms with E-state index in [-0.39, 0.29) is 0 Å². The van der Waals surface area contributed by atoms with E-state index in [1.54, 1.807) is 0 Å². The Morgan fingerprint density at radius 3 is 2.38 bits per heavy atom. The van der Waals surface area contributed by atoms with Crippen LogP contribution >= 0.6 is 0 Å². The van der Waals surface area contributed by atoms with Crippen molar-refractivity contribution < 1.29 is 0 Å². The van der Waals surface area contributed by atoms with E-state index in [1.807, 2.05) is 0 Å². The van der Waals surface area contributed by atoms with Crippen molar-refractivity contribution in [2.75, 3.05) is 0 Å². The van der Waals surface area contributed by atoms with Crippen LogP contribution in [0, 0.1) is 23.2 Å². The highest BCUT2D eigenvalue weighted by atomic mass is 14.3. The van der Waals surface area contributed by atoms with E-state index in [2.05, 4.69) is 13.0 Å². The Kier molecular flexibility index (Phi) is 4.90. The van der Waals surface area contributed by atoms with Gasteiger partial charge in [0, 0.05) is 5.92 Å². The SMILES string of the molecule is CCCCCC1CCC(C#N)CC1. The number of hydrogen-bond acceptors (Lipinski definition) is 1. The second kappa shape index (κ2) is 6.02. The third kappa shape index (κ3) is 3.81. The van der Waals surface area contributed by atoms with Crippen LogP contribution in [0.2, 0.25) is 0 Å². The van der Waals surface area contributed by atoms with E-state index in [0.29, 0.717) is 5.92 Å². The first-order valence-corrected chi connectivity index (χ1v) is 5.76. The third-order valence-electron chi connectivity index (χ3n) is 3.25. The Labute approximate surface area is 82.1 Å². The Morgan fingerprint density at radius 1 is 1.15 bits per heavy atom. The number of nitriles is 1. The van der Waals surface area contributed by atoms with Crippen molar-refractivity contribution in [3.63, 3.8) is 0 Å². The zero-order valence-electron chi connectivity index (χ0n) is 8.76. The highest BCUT2D eigenvalue weighted by Crippen LogP contribution is 2.31. The molecule has 1 aliphatic carbocycles. The van der Waals surface area contributed by atoms with Crippen LogP contribution in [0.4, 0.5) is 0 Å². The molecule has 0 atom stereocenters. The summed E-state index contributed by atoms with van der Waals surface area (Å²) in [5.41, 5.74) is 0. The molecule has 74 valence electrons. The average Bonchev–Trinajstić information content (AvgIpc) is 2.19. The van der Waals surface area contributed by atoms with Gasteiger partial charge in [-0.3, -0.25) is 0 Å². The Morgan fingerprint density at radius 2 is 1.85 bits per heavy atom. The predicted molar refractivity (Wildman–Crippen MR) is 55.2 cm³/mol. The van der Waals surface area contributed by atoms with Gasteiger partial charge in [-0.05, 0) is 31.6 Å². The van der Waals surface area contributed by atoms with E-state index >= 15 is 0 Å². The van der Waals surface area contributed by atoms with Crippen LogP contribution in [0.3, 0.4) is 0 Å². The molecule has 1 rings (SSSR count). The summed E-state index contributed by atoms with van der Waals surface area (Å²) in [5.74, 6) is 1.32. The lowest BCUT2D eigenvalue weighted by molar-refractivity contribution is 0.293. The number of hydrogen-bond donors (Lipinski definition) is 0. The summed E-state index contributed by atoms with van der Waals surface area (Å²) in [7, 11) is 0. The molecule has 0 radical (unpaired) electrons. The minimum Gasteiger partial charge on any atom is -0.198 e. The van der Waals surface area contributed by atoms with Gasteiger partial charge in [0.25, 0.3) is 0 Å². The van der Waals surface area contributed by atoms with Crippen molar-refractivity contribution >= 4 is 0 Å². The maximum absolute atomic E-state index is 8.74. The molecule has 0 aromatic heterocycles. The standard InChI is InChI=1S/C12H21N/c1-2-3-4-5-11-6-8-12(10-13)9-7-11/h11-12H,2-9H2,1H3. The first kappa shape index (κ1) is 10.6. The predicted octanol–water partition coefficient (Wildman–Crippen LogP) is 3.90. The van der Waals surface area contributed by atoms with Gasteiger partial charge < -0.3 is 0 Å². The molecule has 0 aromatic carbocycles. The Bertz CT molecular complexity index is 160. The van der Waals surface area contributed by atoms with Crippen molar-refractivity contribution in [3.8, 4) is 6.07 Å². The van der Waals surface area contributed by atoms with E-state index in [9.17, 15) is 0 Å². The van der Waals surface area contributed by atoms with Gasteiger partial charge in [-0.25, -0.2) is 0 Å². The number of nitrogens with zero attached hydrogens (tertiary/aromatic N) is 1. The molecule has 0 bridgehead atoms. The lowest BCUT2D eigenvalue weighted by atomic mass is 9.80. The largest absolute Gasteiger partial charge is 0.198 e. The second-order valence-electron chi connectivity index (χ2n) is 4.34. The first-order chi connectivity index (χ1) is 6.36. The van der Waals surface area contributed by atoms with Crippen LogP contribution in [-0.2, 0) is 0 Å². The Hall–Kier alpha value is -0.510. The van der Waals surface area contributed by atoms with Crippen LogP contribution in [0.25, 0.3) is 0 Å². The lowest BCUT2D eigenvalue weighted by Crippen LogP contribution is -2.13. The van der Waals surface area contributed by atoms with Crippen LogP contribution in [0.15, 0.2) is 0 Å². The average molecular weight is 179 g/mol. The minimum absolute atomic E-state index is 0.377. The quantitative estimate of drug-likeness (QED) is 0.600. The van der Waals surface area contributed by atoms with Crippen molar-refractivity contribution in [1.82, 2.24) is 0 Å². The fraction of sp³-hybridized carbons (Fsp3) is 0.917. The first-order valence-electron chi connectivity index (χ1n) is 5.76. The summed E-state index contributed by atoms with van der Waals surface area (Å²) in [6.07, 6.45) is 10.5. The molecule has 0 unspecified atom stereocenters. The minimum atomic E-state index is 0.377. The van der Waals surface area contributed by atoms with Crippen molar-refractivity contribution in [2.45, 2.75) is 58.3 Å². The molecule has 1 saturated carbocycles. The van der Waals surface area contributed by atoms with Gasteiger partial charge in [-0.2, -0.15) is 5.26 Å². The summed E-state index contributed by atoms with van der Waals surface area (Å²) in [4.78, 5) is 0. The van der Waals surface area contributed by atoms with Crippen molar-refractivity contribution in [3.05, 3.63) is 0 Å². The lowest BCUT2D eigenvalue weighted by Gasteiger charge is -2.24. The van der Waals surface area contributed by atoms with Crippen molar-refractivity contribution in [2.24, 2.45) is 11.8 Å². The van der Waals surface area contributed by atoms with E-state index in [0.717, 1.165) is 18.8 Å². The number of unbranched alkanes of at least 4 members (excludes halogenated alkanes) is 2. The summed E-state index contributed by atoms with van der Waals surface area (Å²) in [5, 5.41) is 8.74. The molecule has 1 fully saturated rings. The molecule has 13 heavy (non-hydrogen) atoms. The molecule has 1 aliphatic rings. The third-order valence-corrected chi connectivity index (χ3v) is 3.25. The summed E-state index contributed by atoms with van der Waals surface area (Å²) in [6, 6.07) is 2.39. The van der Waals surface area contributed by atoms with Crippen molar-refractivity contribution in [1.29, 1.82) is 5.26 Å². The number of rotatable bonds is 4. The topological polar surface area (TPSA) is 23.8 Å². The highest BCUT2D eigenvalue weighted by Gasteiger charge is 2.19. The van der Waals surface area contributed by atoms with E-state index in [1.165, 1.54) is 38.5 Å². The van der Waals surface area contributed by atoms with Gasteiger partial charge in [-0.15, -0.1) is 0 Å². The summed E-state index contributed by atoms with van der Waals surface area (Å²) < 4.78 is 0. The second-order valence-corrected chi connectivity index (χ2v) is 4.34. The molecule has 1 nitrogen and oxygen atoms in total. The summed E-state index contributed by atoms with van der Waals surface area (Å²) >= 11 is 0. The summed E-state index contributed by atoms with van der Waals surface area (Å²) in [6.45, 7) is 2.26. The van der Waals surface area contributed by atoms with Gasteiger partial charge in [0.15, 0.2) is 0 Å². The van der Waals surface area contributed by atoms with Gasteiger partial charge in [0.1, 0.15) is 0 Å². The van der Waals surface area contributed by atoms with Crippen LogP contribution in [0.1, 0.15) is 58.3 Å². The molecular formula is C12H21N. The smallest absolute Gasteiger partial charge is 0.0655 e. The van der Waals surface area contributed by atoms with Gasteiger partial charge in [0.05, 0.1) is 6.07 Å². The Balaban J connectivity index is 2.08. The molecule has 0 aliphatic heterocycles. The zero-order valence-corrected chi connectivity index (χ0v) is 8.76. The maximum atomic E-state index is 8.74. The molecule has 0 N–H and O–H groups in total. The monoisotopic (exact) mass is 179 g/mol. The van der Waals surface area contributed by atoms with Crippen LogP contribution in [-0.4, -0.2) is 0 Å². The van der Waals surface area contributed by atoms with Crippen LogP contribution in [0.5, 0.6) is 0 Å². The molecule has 1 heteroatoms. The molecule has 0 spiro atoms. The molecule has 0 aromatic rings. The fourth-order valence-electron chi connectivity index (χ4n) is 2.26. The highest BCUT2D eigenvalue weighted by molar-refractivity contribution is 4.86. The molecular weight excluding hydrogens is 158 g/mol. The van der Waals surface area contributed by atoms with Crippen LogP contribution < -0.4 is 0 Å². The van der Waals surface area contributed by atoms with Gasteiger partial charge in [-0.1, -0.05) is 32.6 Å².